The van der Waals surface area contributed by atoms with Crippen LogP contribution in [0.15, 0.2) is 60.7 Å². The van der Waals surface area contributed by atoms with Crippen molar-refractivity contribution in [1.29, 1.82) is 0 Å². The molecule has 0 unspecified atom stereocenters. The summed E-state index contributed by atoms with van der Waals surface area (Å²) in [4.78, 5) is 12.1. The zero-order chi connectivity index (χ0) is 20.9. The van der Waals surface area contributed by atoms with Crippen LogP contribution in [0, 0.1) is 6.92 Å². The molecule has 8 heteroatoms. The van der Waals surface area contributed by atoms with Crippen molar-refractivity contribution in [2.24, 2.45) is 0 Å². The van der Waals surface area contributed by atoms with E-state index in [4.69, 9.17) is 16.3 Å². The lowest BCUT2D eigenvalue weighted by molar-refractivity contribution is -0.120. The van der Waals surface area contributed by atoms with Gasteiger partial charge in [-0.25, -0.2) is 0 Å². The first kappa shape index (κ1) is 19.8. The molecule has 1 amide bonds. The van der Waals surface area contributed by atoms with E-state index in [1.807, 2.05) is 49.4 Å². The molecule has 0 saturated heterocycles. The highest BCUT2D eigenvalue weighted by atomic mass is 35.5. The first-order valence-corrected chi connectivity index (χ1v) is 9.90. The van der Waals surface area contributed by atoms with Crippen LogP contribution in [-0.4, -0.2) is 38.9 Å². The van der Waals surface area contributed by atoms with Crippen molar-refractivity contribution in [3.63, 3.8) is 0 Å². The average molecular weight is 422 g/mol. The Labute approximate surface area is 178 Å². The van der Waals surface area contributed by atoms with E-state index in [0.29, 0.717) is 41.9 Å². The van der Waals surface area contributed by atoms with Crippen molar-refractivity contribution in [2.75, 3.05) is 13.2 Å². The maximum Gasteiger partial charge on any atom is 0.231 e. The molecule has 2 heterocycles. The third kappa shape index (κ3) is 4.58. The Morgan fingerprint density at radius 3 is 2.80 bits per heavy atom. The summed E-state index contributed by atoms with van der Waals surface area (Å²) in [6, 6.07) is 18.8. The summed E-state index contributed by atoms with van der Waals surface area (Å²) in [5.74, 6) is 0.892. The molecule has 2 aromatic carbocycles. The Morgan fingerprint density at radius 1 is 1.10 bits per heavy atom. The highest BCUT2D eigenvalue weighted by Crippen LogP contribution is 2.26. The zero-order valence-electron chi connectivity index (χ0n) is 16.4. The molecule has 0 aliphatic carbocycles. The quantitative estimate of drug-likeness (QED) is 0.462. The minimum absolute atomic E-state index is 0.0487. The largest absolute Gasteiger partial charge is 0.475 e. The number of nitrogens with one attached hydrogen (secondary N) is 1. The number of ether oxygens (including phenoxy) is 1. The highest BCUT2D eigenvalue weighted by molar-refractivity contribution is 6.33. The normalized spacial score (nSPS) is 10.9. The van der Waals surface area contributed by atoms with E-state index in [2.05, 4.69) is 20.6 Å². The summed E-state index contributed by atoms with van der Waals surface area (Å²) >= 11 is 6.27. The summed E-state index contributed by atoms with van der Waals surface area (Å²) in [7, 11) is 0. The average Bonchev–Trinajstić information content (AvgIpc) is 3.15. The Hall–Kier alpha value is -3.45. The number of hydrogen-bond donors (Lipinski definition) is 1. The number of amides is 1. The van der Waals surface area contributed by atoms with Gasteiger partial charge in [-0.2, -0.15) is 4.52 Å². The first-order valence-electron chi connectivity index (χ1n) is 9.52. The van der Waals surface area contributed by atoms with E-state index in [1.54, 1.807) is 22.7 Å². The lowest BCUT2D eigenvalue weighted by Crippen LogP contribution is -2.29. The van der Waals surface area contributed by atoms with E-state index < -0.39 is 0 Å². The summed E-state index contributed by atoms with van der Waals surface area (Å²) in [5.41, 5.74) is 3.44. The molecule has 0 radical (unpaired) electrons. The van der Waals surface area contributed by atoms with Crippen LogP contribution in [0.1, 0.15) is 11.1 Å². The second-order valence-electron chi connectivity index (χ2n) is 6.81. The fourth-order valence-electron chi connectivity index (χ4n) is 3.08. The number of fused-ring (bicyclic) bond motifs is 1. The second-order valence-corrected chi connectivity index (χ2v) is 7.22. The van der Waals surface area contributed by atoms with E-state index in [-0.39, 0.29) is 5.91 Å². The third-order valence-corrected chi connectivity index (χ3v) is 4.80. The molecule has 0 fully saturated rings. The molecule has 7 nitrogen and oxygen atoms in total. The van der Waals surface area contributed by atoms with Crippen molar-refractivity contribution < 1.29 is 9.53 Å². The van der Waals surface area contributed by atoms with Gasteiger partial charge in [0.1, 0.15) is 6.61 Å². The van der Waals surface area contributed by atoms with E-state index in [9.17, 15) is 4.79 Å². The fourth-order valence-corrected chi connectivity index (χ4v) is 3.30. The van der Waals surface area contributed by atoms with Gasteiger partial charge in [0.2, 0.25) is 11.8 Å². The van der Waals surface area contributed by atoms with Crippen LogP contribution in [0.25, 0.3) is 17.0 Å². The topological polar surface area (TPSA) is 81.4 Å². The molecule has 2 aromatic heterocycles. The predicted molar refractivity (Wildman–Crippen MR) is 115 cm³/mol. The van der Waals surface area contributed by atoms with Crippen LogP contribution >= 0.6 is 11.6 Å². The number of nitrogens with zero attached hydrogens (tertiary/aromatic N) is 4. The minimum Gasteiger partial charge on any atom is -0.475 e. The molecule has 30 heavy (non-hydrogen) atoms. The summed E-state index contributed by atoms with van der Waals surface area (Å²) in [6.45, 7) is 2.68. The van der Waals surface area contributed by atoms with Crippen molar-refractivity contribution in [3.05, 3.63) is 76.8 Å². The smallest absolute Gasteiger partial charge is 0.231 e. The van der Waals surface area contributed by atoms with Gasteiger partial charge < -0.3 is 10.1 Å². The monoisotopic (exact) mass is 421 g/mol. The number of carbonyl (C=O) groups is 1. The van der Waals surface area contributed by atoms with Gasteiger partial charge in [-0.1, -0.05) is 53.6 Å². The number of halogens is 1. The number of aryl methyl sites for hydroxylation is 1. The lowest BCUT2D eigenvalue weighted by atomic mass is 10.1. The van der Waals surface area contributed by atoms with E-state index in [1.165, 1.54) is 0 Å². The second kappa shape index (κ2) is 8.92. The lowest BCUT2D eigenvalue weighted by Gasteiger charge is -2.08. The van der Waals surface area contributed by atoms with Crippen LogP contribution in [0.5, 0.6) is 5.88 Å². The molecule has 4 aromatic rings. The fraction of sp³-hybridized carbons (Fsp3) is 0.182. The number of hydrogen-bond acceptors (Lipinski definition) is 5. The van der Waals surface area contributed by atoms with Gasteiger partial charge >= 0.3 is 0 Å². The standard InChI is InChI=1S/C22H20ClN5O2/c1-15-5-4-6-16(13-15)14-20(29)24-11-12-30-21-10-9-19-25-26-22(28(19)27-21)17-7-2-3-8-18(17)23/h2-10,13H,11-12,14H2,1H3,(H,24,29). The molecule has 1 N–H and O–H groups in total. The van der Waals surface area contributed by atoms with Crippen molar-refractivity contribution in [1.82, 2.24) is 25.1 Å². The molecule has 0 atom stereocenters. The summed E-state index contributed by atoms with van der Waals surface area (Å²) < 4.78 is 7.28. The molecule has 0 bridgehead atoms. The van der Waals surface area contributed by atoms with Crippen LogP contribution < -0.4 is 10.1 Å². The molecule has 152 valence electrons. The zero-order valence-corrected chi connectivity index (χ0v) is 17.1. The van der Waals surface area contributed by atoms with Gasteiger partial charge in [0, 0.05) is 11.6 Å². The van der Waals surface area contributed by atoms with E-state index in [0.717, 1.165) is 16.7 Å². The molecular formula is C22H20ClN5O2. The Balaban J connectivity index is 1.36. The first-order chi connectivity index (χ1) is 14.6. The molecule has 0 saturated carbocycles. The van der Waals surface area contributed by atoms with Crippen LogP contribution in [0.3, 0.4) is 0 Å². The van der Waals surface area contributed by atoms with Crippen molar-refractivity contribution >= 4 is 23.2 Å². The molecular weight excluding hydrogens is 402 g/mol. The number of carbonyl (C=O) groups excluding carboxylic acids is 1. The van der Waals surface area contributed by atoms with Gasteiger partial charge in [0.25, 0.3) is 0 Å². The number of rotatable bonds is 7. The Kier molecular flexibility index (Phi) is 5.90. The van der Waals surface area contributed by atoms with Gasteiger partial charge in [0.05, 0.1) is 18.0 Å². The Bertz CT molecular complexity index is 1190. The molecule has 0 aliphatic heterocycles. The summed E-state index contributed by atoms with van der Waals surface area (Å²) in [5, 5.41) is 16.2. The van der Waals surface area contributed by atoms with Gasteiger partial charge in [-0.3, -0.25) is 4.79 Å². The molecule has 0 spiro atoms. The Morgan fingerprint density at radius 2 is 1.97 bits per heavy atom. The highest BCUT2D eigenvalue weighted by Gasteiger charge is 2.13. The summed E-state index contributed by atoms with van der Waals surface area (Å²) in [6.07, 6.45) is 0.341. The van der Waals surface area contributed by atoms with Crippen molar-refractivity contribution in [3.8, 4) is 17.3 Å². The van der Waals surface area contributed by atoms with Crippen molar-refractivity contribution in [2.45, 2.75) is 13.3 Å². The predicted octanol–water partition coefficient (Wildman–Crippen LogP) is 3.49. The van der Waals surface area contributed by atoms with Crippen LogP contribution in [0.4, 0.5) is 0 Å². The molecule has 0 aliphatic rings. The maximum atomic E-state index is 12.1. The van der Waals surface area contributed by atoms with E-state index >= 15 is 0 Å². The third-order valence-electron chi connectivity index (χ3n) is 4.47. The van der Waals surface area contributed by atoms with Crippen LogP contribution in [-0.2, 0) is 11.2 Å². The number of benzene rings is 2. The molecule has 4 rings (SSSR count). The van der Waals surface area contributed by atoms with Gasteiger partial charge in [-0.15, -0.1) is 15.3 Å². The SMILES string of the molecule is Cc1cccc(CC(=O)NCCOc2ccc3nnc(-c4ccccc4Cl)n3n2)c1. The maximum absolute atomic E-state index is 12.1. The minimum atomic E-state index is -0.0487. The van der Waals surface area contributed by atoms with Gasteiger partial charge in [0.15, 0.2) is 11.5 Å². The number of aromatic nitrogens is 4. The van der Waals surface area contributed by atoms with Crippen LogP contribution in [0.2, 0.25) is 5.02 Å². The van der Waals surface area contributed by atoms with Gasteiger partial charge in [-0.05, 0) is 30.7 Å².